The van der Waals surface area contributed by atoms with Crippen LogP contribution in [0.2, 0.25) is 0 Å². The first kappa shape index (κ1) is 14.7. The number of nitrogens with one attached hydrogen (secondary N) is 1. The van der Waals surface area contributed by atoms with Crippen LogP contribution >= 0.6 is 0 Å². The summed E-state index contributed by atoms with van der Waals surface area (Å²) in [4.78, 5) is 10.7. The number of nitrogens with two attached hydrogens (primary N) is 1. The van der Waals surface area contributed by atoms with Crippen molar-refractivity contribution in [3.8, 4) is 0 Å². The van der Waals surface area contributed by atoms with Crippen LogP contribution in [0.3, 0.4) is 0 Å². The van der Waals surface area contributed by atoms with Crippen LogP contribution in [0.4, 0.5) is 0 Å². The van der Waals surface area contributed by atoms with Gasteiger partial charge in [0, 0.05) is 13.0 Å². The van der Waals surface area contributed by atoms with Crippen molar-refractivity contribution in [3.63, 3.8) is 0 Å². The van der Waals surface area contributed by atoms with Crippen molar-refractivity contribution in [1.29, 1.82) is 0 Å². The van der Waals surface area contributed by atoms with Crippen LogP contribution in [-0.2, 0) is 10.5 Å². The van der Waals surface area contributed by atoms with Gasteiger partial charge < -0.3 is 10.8 Å². The van der Waals surface area contributed by atoms with Crippen molar-refractivity contribution in [1.82, 2.24) is 5.32 Å². The number of hydrogen-bond acceptors (Lipinski definition) is 3. The molecule has 0 saturated heterocycles. The molecule has 0 unspecified atom stereocenters. The average molecular weight is 250 g/mol. The van der Waals surface area contributed by atoms with Crippen molar-refractivity contribution in [2.75, 3.05) is 6.54 Å². The van der Waals surface area contributed by atoms with Gasteiger partial charge in [0.05, 0.1) is 5.66 Å². The molecule has 0 heterocycles. The van der Waals surface area contributed by atoms with Crippen molar-refractivity contribution in [2.45, 2.75) is 32.4 Å². The predicted octanol–water partition coefficient (Wildman–Crippen LogP) is 1.91. The molecule has 0 radical (unpaired) electrons. The highest BCUT2D eigenvalue weighted by Gasteiger charge is 2.22. The number of benzene rings is 1. The summed E-state index contributed by atoms with van der Waals surface area (Å²) in [5, 5.41) is 12.0. The summed E-state index contributed by atoms with van der Waals surface area (Å²) in [6, 6.07) is 9.75. The molecule has 1 aromatic carbocycles. The van der Waals surface area contributed by atoms with E-state index in [0.29, 0.717) is 6.54 Å². The molecule has 0 bridgehead atoms. The summed E-state index contributed by atoms with van der Waals surface area (Å²) in [5.41, 5.74) is 6.58. The van der Waals surface area contributed by atoms with Crippen LogP contribution < -0.4 is 11.1 Å². The second kappa shape index (κ2) is 6.52. The molecular formula is C14H22N2O2. The Kier molecular flexibility index (Phi) is 5.31. The SMILES string of the molecule is CC[C@@H](CN[C@@](C)(N)c1ccccc1)CC(=O)O. The van der Waals surface area contributed by atoms with E-state index in [9.17, 15) is 4.79 Å². The Morgan fingerprint density at radius 1 is 1.44 bits per heavy atom. The maximum absolute atomic E-state index is 10.7. The highest BCUT2D eigenvalue weighted by atomic mass is 16.4. The van der Waals surface area contributed by atoms with Gasteiger partial charge in [-0.1, -0.05) is 43.7 Å². The lowest BCUT2D eigenvalue weighted by Crippen LogP contribution is -2.49. The van der Waals surface area contributed by atoms with Gasteiger partial charge >= 0.3 is 5.97 Å². The molecule has 0 aliphatic heterocycles. The second-order valence-electron chi connectivity index (χ2n) is 4.82. The summed E-state index contributed by atoms with van der Waals surface area (Å²) < 4.78 is 0. The van der Waals surface area contributed by atoms with Gasteiger partial charge in [-0.2, -0.15) is 0 Å². The Hall–Kier alpha value is -1.39. The predicted molar refractivity (Wildman–Crippen MR) is 72.0 cm³/mol. The van der Waals surface area contributed by atoms with E-state index in [0.717, 1.165) is 12.0 Å². The smallest absolute Gasteiger partial charge is 0.303 e. The number of hydrogen-bond donors (Lipinski definition) is 3. The lowest BCUT2D eigenvalue weighted by Gasteiger charge is -2.29. The van der Waals surface area contributed by atoms with E-state index >= 15 is 0 Å². The monoisotopic (exact) mass is 250 g/mol. The first-order valence-electron chi connectivity index (χ1n) is 6.27. The maximum atomic E-state index is 10.7. The molecule has 0 aromatic heterocycles. The van der Waals surface area contributed by atoms with Crippen molar-refractivity contribution in [2.24, 2.45) is 11.7 Å². The first-order chi connectivity index (χ1) is 8.45. The molecule has 4 nitrogen and oxygen atoms in total. The number of carboxylic acids is 1. The molecule has 0 spiro atoms. The minimum absolute atomic E-state index is 0.106. The molecule has 0 fully saturated rings. The van der Waals surface area contributed by atoms with Gasteiger partial charge in [0.2, 0.25) is 0 Å². The third kappa shape index (κ3) is 4.47. The number of rotatable bonds is 7. The molecular weight excluding hydrogens is 228 g/mol. The van der Waals surface area contributed by atoms with Gasteiger partial charge in [-0.25, -0.2) is 0 Å². The zero-order chi connectivity index (χ0) is 13.6. The zero-order valence-corrected chi connectivity index (χ0v) is 11.0. The highest BCUT2D eigenvalue weighted by molar-refractivity contribution is 5.67. The summed E-state index contributed by atoms with van der Waals surface area (Å²) >= 11 is 0. The van der Waals surface area contributed by atoms with Crippen LogP contribution in [0.15, 0.2) is 30.3 Å². The van der Waals surface area contributed by atoms with Gasteiger partial charge in [-0.15, -0.1) is 0 Å². The fourth-order valence-corrected chi connectivity index (χ4v) is 1.85. The summed E-state index contributed by atoms with van der Waals surface area (Å²) in [5.74, 6) is -0.656. The van der Waals surface area contributed by atoms with Crippen molar-refractivity contribution < 1.29 is 9.90 Å². The van der Waals surface area contributed by atoms with Gasteiger partial charge in [-0.3, -0.25) is 10.1 Å². The van der Waals surface area contributed by atoms with Crippen LogP contribution in [0, 0.1) is 5.92 Å². The maximum Gasteiger partial charge on any atom is 0.303 e. The third-order valence-electron chi connectivity index (χ3n) is 3.17. The van der Waals surface area contributed by atoms with E-state index in [1.807, 2.05) is 44.2 Å². The molecule has 18 heavy (non-hydrogen) atoms. The lowest BCUT2D eigenvalue weighted by atomic mass is 9.98. The summed E-state index contributed by atoms with van der Waals surface area (Å²) in [7, 11) is 0. The van der Waals surface area contributed by atoms with Gasteiger partial charge in [-0.05, 0) is 18.4 Å². The quantitative estimate of drug-likeness (QED) is 0.646. The summed E-state index contributed by atoms with van der Waals surface area (Å²) in [6.07, 6.45) is 0.999. The topological polar surface area (TPSA) is 75.3 Å². The largest absolute Gasteiger partial charge is 0.481 e. The molecule has 0 aliphatic rings. The molecule has 0 amide bonds. The molecule has 1 aromatic rings. The molecule has 4 heteroatoms. The van der Waals surface area contributed by atoms with Gasteiger partial charge in [0.15, 0.2) is 0 Å². The Labute approximate surface area is 108 Å². The Morgan fingerprint density at radius 3 is 2.56 bits per heavy atom. The first-order valence-corrected chi connectivity index (χ1v) is 6.27. The number of carboxylic acid groups (broad SMARTS) is 1. The average Bonchev–Trinajstić information content (AvgIpc) is 2.35. The standard InChI is InChI=1S/C14H22N2O2/c1-3-11(9-13(17)18)10-16-14(2,15)12-7-5-4-6-8-12/h4-8,11,16H,3,9-10,15H2,1-2H3,(H,17,18)/t11-,14-/m1/s1. The second-order valence-corrected chi connectivity index (χ2v) is 4.82. The molecule has 2 atom stereocenters. The molecule has 100 valence electrons. The van der Waals surface area contributed by atoms with E-state index in [2.05, 4.69) is 5.32 Å². The van der Waals surface area contributed by atoms with E-state index in [-0.39, 0.29) is 12.3 Å². The third-order valence-corrected chi connectivity index (χ3v) is 3.17. The number of carbonyl (C=O) groups is 1. The fourth-order valence-electron chi connectivity index (χ4n) is 1.85. The Bertz CT molecular complexity index is 377. The van der Waals surface area contributed by atoms with E-state index < -0.39 is 11.6 Å². The number of aliphatic carboxylic acids is 1. The fraction of sp³-hybridized carbons (Fsp3) is 0.500. The molecule has 1 rings (SSSR count). The minimum Gasteiger partial charge on any atom is -0.481 e. The van der Waals surface area contributed by atoms with Gasteiger partial charge in [0.25, 0.3) is 0 Å². The summed E-state index contributed by atoms with van der Waals surface area (Å²) in [6.45, 7) is 4.49. The Morgan fingerprint density at radius 2 is 2.06 bits per heavy atom. The van der Waals surface area contributed by atoms with E-state index in [4.69, 9.17) is 10.8 Å². The van der Waals surface area contributed by atoms with Crippen LogP contribution in [-0.4, -0.2) is 17.6 Å². The van der Waals surface area contributed by atoms with E-state index in [1.165, 1.54) is 0 Å². The Balaban J connectivity index is 2.58. The molecule has 0 aliphatic carbocycles. The van der Waals surface area contributed by atoms with Crippen LogP contribution in [0.5, 0.6) is 0 Å². The molecule has 4 N–H and O–H groups in total. The van der Waals surface area contributed by atoms with Crippen molar-refractivity contribution >= 4 is 5.97 Å². The van der Waals surface area contributed by atoms with Crippen LogP contribution in [0.25, 0.3) is 0 Å². The normalized spacial score (nSPS) is 15.9. The zero-order valence-electron chi connectivity index (χ0n) is 11.0. The van der Waals surface area contributed by atoms with Crippen molar-refractivity contribution in [3.05, 3.63) is 35.9 Å². The van der Waals surface area contributed by atoms with E-state index in [1.54, 1.807) is 0 Å². The van der Waals surface area contributed by atoms with Crippen LogP contribution in [0.1, 0.15) is 32.3 Å². The van der Waals surface area contributed by atoms with Gasteiger partial charge in [0.1, 0.15) is 0 Å². The molecule has 0 saturated carbocycles. The highest BCUT2D eigenvalue weighted by Crippen LogP contribution is 2.15. The lowest BCUT2D eigenvalue weighted by molar-refractivity contribution is -0.138. The minimum atomic E-state index is -0.762.